The number of methoxy groups -OCH3 is 1. The standard InChI is InChI=1S/C10H14O6S.Na/c1-10(12,17(13,14)15)6-7-3-4-8(11)9(5-7)16-2;/h3-5,11-12H,6H2,1-2H3,(H,13,14,15);. The molecule has 8 heteroatoms. The van der Waals surface area contributed by atoms with Crippen LogP contribution in [0.2, 0.25) is 0 Å². The predicted octanol–water partition coefficient (Wildman–Crippen LogP) is 0.159. The maximum atomic E-state index is 10.9. The molecular formula is C10H14NaO6S. The molecule has 1 unspecified atom stereocenters. The van der Waals surface area contributed by atoms with Gasteiger partial charge in [-0.25, -0.2) is 0 Å². The Kier molecular flexibility index (Phi) is 6.12. The Labute approximate surface area is 128 Å². The Balaban J connectivity index is 0.00000289. The van der Waals surface area contributed by atoms with Gasteiger partial charge in [0.05, 0.1) is 7.11 Å². The summed E-state index contributed by atoms with van der Waals surface area (Å²) in [6.07, 6.45) is -0.317. The van der Waals surface area contributed by atoms with Crippen molar-refractivity contribution in [2.24, 2.45) is 0 Å². The molecule has 0 bridgehead atoms. The fraction of sp³-hybridized carbons (Fsp3) is 0.400. The van der Waals surface area contributed by atoms with Crippen LogP contribution in [0.5, 0.6) is 11.5 Å². The summed E-state index contributed by atoms with van der Waals surface area (Å²) in [6.45, 7) is 0.988. The Morgan fingerprint density at radius 2 is 1.94 bits per heavy atom. The number of hydrogen-bond acceptors (Lipinski definition) is 5. The first-order valence-corrected chi connectivity index (χ1v) is 6.16. The topological polar surface area (TPSA) is 104 Å². The Hall–Kier alpha value is -0.310. The molecule has 0 amide bonds. The summed E-state index contributed by atoms with van der Waals surface area (Å²) in [7, 11) is -3.23. The smallest absolute Gasteiger partial charge is 0.295 e. The van der Waals surface area contributed by atoms with Gasteiger partial charge in [-0.3, -0.25) is 4.55 Å². The first-order chi connectivity index (χ1) is 7.67. The second-order valence-corrected chi connectivity index (χ2v) is 5.66. The maximum Gasteiger partial charge on any atom is 0.295 e. The van der Waals surface area contributed by atoms with Crippen molar-refractivity contribution in [1.29, 1.82) is 0 Å². The van der Waals surface area contributed by atoms with E-state index in [4.69, 9.17) is 9.29 Å². The zero-order chi connectivity index (χ0) is 13.3. The number of aromatic hydroxyl groups is 1. The zero-order valence-corrected chi connectivity index (χ0v) is 13.2. The van der Waals surface area contributed by atoms with Crippen molar-refractivity contribution in [3.63, 3.8) is 0 Å². The van der Waals surface area contributed by atoms with Crippen LogP contribution >= 0.6 is 0 Å². The van der Waals surface area contributed by atoms with Crippen molar-refractivity contribution >= 4 is 39.7 Å². The summed E-state index contributed by atoms with van der Waals surface area (Å²) in [5.41, 5.74) is 0.405. The van der Waals surface area contributed by atoms with E-state index in [9.17, 15) is 18.6 Å². The summed E-state index contributed by atoms with van der Waals surface area (Å²) in [5.74, 6) is 0.0661. The van der Waals surface area contributed by atoms with Gasteiger partial charge in [0.25, 0.3) is 10.1 Å². The Bertz CT molecular complexity index is 511. The fourth-order valence-electron chi connectivity index (χ4n) is 1.30. The van der Waals surface area contributed by atoms with Crippen molar-refractivity contribution in [1.82, 2.24) is 0 Å². The molecule has 3 N–H and O–H groups in total. The molecule has 1 radical (unpaired) electrons. The molecule has 0 saturated heterocycles. The van der Waals surface area contributed by atoms with Crippen LogP contribution in [0.15, 0.2) is 18.2 Å². The van der Waals surface area contributed by atoms with E-state index in [-0.39, 0.29) is 47.5 Å². The van der Waals surface area contributed by atoms with Crippen molar-refractivity contribution in [3.05, 3.63) is 23.8 Å². The van der Waals surface area contributed by atoms with Crippen LogP contribution in [0.1, 0.15) is 12.5 Å². The molecule has 0 aliphatic heterocycles. The van der Waals surface area contributed by atoms with Crippen molar-refractivity contribution in [3.8, 4) is 11.5 Å². The van der Waals surface area contributed by atoms with Crippen LogP contribution in [-0.4, -0.2) is 64.8 Å². The molecule has 1 aromatic carbocycles. The molecule has 0 aliphatic rings. The van der Waals surface area contributed by atoms with Gasteiger partial charge in [0, 0.05) is 36.0 Å². The van der Waals surface area contributed by atoms with Crippen molar-refractivity contribution in [2.75, 3.05) is 7.11 Å². The summed E-state index contributed by atoms with van der Waals surface area (Å²) >= 11 is 0. The minimum atomic E-state index is -4.58. The van der Waals surface area contributed by atoms with E-state index in [2.05, 4.69) is 0 Å². The van der Waals surface area contributed by atoms with Crippen LogP contribution in [0.25, 0.3) is 0 Å². The number of hydrogen-bond donors (Lipinski definition) is 3. The van der Waals surface area contributed by atoms with E-state index >= 15 is 0 Å². The summed E-state index contributed by atoms with van der Waals surface area (Å²) in [6, 6.07) is 4.13. The molecule has 1 atom stereocenters. The molecule has 0 aliphatic carbocycles. The Morgan fingerprint density at radius 1 is 1.39 bits per heavy atom. The van der Waals surface area contributed by atoms with Gasteiger partial charge >= 0.3 is 0 Å². The SMILES string of the molecule is COc1cc(CC(C)(O)S(=O)(=O)O)ccc1O.[Na]. The summed E-state index contributed by atoms with van der Waals surface area (Å²) in [4.78, 5) is -2.28. The monoisotopic (exact) mass is 285 g/mol. The molecule has 18 heavy (non-hydrogen) atoms. The van der Waals surface area contributed by atoms with E-state index < -0.39 is 15.1 Å². The molecule has 0 fully saturated rings. The second-order valence-electron chi connectivity index (χ2n) is 3.83. The van der Waals surface area contributed by atoms with Gasteiger partial charge in [0.1, 0.15) is 0 Å². The molecule has 1 aromatic rings. The van der Waals surface area contributed by atoms with E-state index in [0.717, 1.165) is 6.92 Å². The predicted molar refractivity (Wildman–Crippen MR) is 66.3 cm³/mol. The van der Waals surface area contributed by atoms with Gasteiger partial charge in [-0.15, -0.1) is 0 Å². The van der Waals surface area contributed by atoms with Gasteiger partial charge < -0.3 is 14.9 Å². The van der Waals surface area contributed by atoms with E-state index in [0.29, 0.717) is 5.56 Å². The van der Waals surface area contributed by atoms with Crippen LogP contribution < -0.4 is 4.74 Å². The molecule has 0 aromatic heterocycles. The number of benzene rings is 1. The quantitative estimate of drug-likeness (QED) is 0.537. The third kappa shape index (κ3) is 4.11. The molecule has 0 heterocycles. The van der Waals surface area contributed by atoms with Crippen molar-refractivity contribution in [2.45, 2.75) is 18.3 Å². The molecule has 0 spiro atoms. The number of rotatable bonds is 4. The third-order valence-corrected chi connectivity index (χ3v) is 3.59. The van der Waals surface area contributed by atoms with Crippen LogP contribution in [0.3, 0.4) is 0 Å². The molecule has 0 saturated carbocycles. The third-order valence-electron chi connectivity index (χ3n) is 2.33. The molecule has 97 valence electrons. The summed E-state index contributed by atoms with van der Waals surface area (Å²) in [5, 5.41) is 18.9. The molecular weight excluding hydrogens is 271 g/mol. The number of phenols is 1. The zero-order valence-electron chi connectivity index (χ0n) is 10.4. The van der Waals surface area contributed by atoms with Gasteiger partial charge in [0.15, 0.2) is 16.4 Å². The average Bonchev–Trinajstić information content (AvgIpc) is 2.19. The largest absolute Gasteiger partial charge is 0.504 e. The minimum absolute atomic E-state index is 0. The van der Waals surface area contributed by atoms with Gasteiger partial charge in [-0.05, 0) is 24.6 Å². The average molecular weight is 285 g/mol. The van der Waals surface area contributed by atoms with Gasteiger partial charge in [0.2, 0.25) is 0 Å². The first-order valence-electron chi connectivity index (χ1n) is 4.72. The normalized spacial score (nSPS) is 14.4. The summed E-state index contributed by atoms with van der Waals surface area (Å²) < 4.78 is 35.5. The molecule has 6 nitrogen and oxygen atoms in total. The van der Waals surface area contributed by atoms with Crippen LogP contribution in [0, 0.1) is 0 Å². The van der Waals surface area contributed by atoms with Gasteiger partial charge in [-0.1, -0.05) is 6.07 Å². The number of ether oxygens (including phenoxy) is 1. The number of phenolic OH excluding ortho intramolecular Hbond substituents is 1. The van der Waals surface area contributed by atoms with Gasteiger partial charge in [-0.2, -0.15) is 8.42 Å². The van der Waals surface area contributed by atoms with E-state index in [1.54, 1.807) is 0 Å². The molecule has 1 rings (SSSR count). The Morgan fingerprint density at radius 3 is 2.39 bits per heavy atom. The van der Waals surface area contributed by atoms with E-state index in [1.165, 1.54) is 25.3 Å². The maximum absolute atomic E-state index is 10.9. The second kappa shape index (κ2) is 6.23. The van der Waals surface area contributed by atoms with Crippen LogP contribution in [0.4, 0.5) is 0 Å². The first kappa shape index (κ1) is 17.7. The van der Waals surface area contributed by atoms with Crippen LogP contribution in [-0.2, 0) is 16.5 Å². The number of aliphatic hydroxyl groups is 1. The van der Waals surface area contributed by atoms with Crippen molar-refractivity contribution < 1.29 is 27.9 Å². The minimum Gasteiger partial charge on any atom is -0.504 e. The fourth-order valence-corrected chi connectivity index (χ4v) is 1.65. The van der Waals surface area contributed by atoms with E-state index in [1.807, 2.05) is 0 Å².